The second-order valence-electron chi connectivity index (χ2n) is 11.2. The number of carbonyl (C=O) groups is 1. The Morgan fingerprint density at radius 1 is 0.976 bits per heavy atom. The number of aromatic amines is 1. The fourth-order valence-electron chi connectivity index (χ4n) is 6.48. The number of benzene rings is 3. The number of H-pyrrole nitrogens is 1. The Bertz CT molecular complexity index is 1790. The standard InChI is InChI=1S/C35H36N2O5/c1-37-29-15-9-7-13-27(29)33(38)31(34(37)39)30(22-16-18-24(41-2)19-17-22)32-26(25-12-6-8-14-28(25)36-32)20-21-42-35(40)23-10-4-3-5-11-23/h6-9,12-19,23,30,36,38H,3-5,10-11,20-21H2,1-2H3. The van der Waals surface area contributed by atoms with E-state index in [9.17, 15) is 14.7 Å². The summed E-state index contributed by atoms with van der Waals surface area (Å²) in [6.45, 7) is 0.237. The SMILES string of the molecule is COc1ccc(C(c2[nH]c3ccccc3c2CCOC(=O)C2CCCCC2)c2c(O)c3ccccc3n(C)c2=O)cc1. The number of hydrogen-bond acceptors (Lipinski definition) is 5. The molecule has 2 N–H and O–H groups in total. The monoisotopic (exact) mass is 564 g/mol. The number of nitrogens with one attached hydrogen (secondary N) is 1. The predicted octanol–water partition coefficient (Wildman–Crippen LogP) is 6.58. The Labute approximate surface area is 244 Å². The smallest absolute Gasteiger partial charge is 0.308 e. The summed E-state index contributed by atoms with van der Waals surface area (Å²) in [7, 11) is 3.34. The molecule has 2 aromatic heterocycles. The number of esters is 1. The summed E-state index contributed by atoms with van der Waals surface area (Å²) in [5.41, 5.74) is 4.15. The molecule has 7 heteroatoms. The molecule has 0 radical (unpaired) electrons. The van der Waals surface area contributed by atoms with Crippen LogP contribution in [0.3, 0.4) is 0 Å². The van der Waals surface area contributed by atoms with E-state index in [-0.39, 0.29) is 35.4 Å². The summed E-state index contributed by atoms with van der Waals surface area (Å²) in [6.07, 6.45) is 5.57. The maximum Gasteiger partial charge on any atom is 0.308 e. The lowest BCUT2D eigenvalue weighted by Gasteiger charge is -2.22. The first-order valence-corrected chi connectivity index (χ1v) is 14.7. The molecule has 5 aromatic rings. The Kier molecular flexibility index (Phi) is 7.74. The van der Waals surface area contributed by atoms with Crippen LogP contribution in [-0.4, -0.2) is 34.3 Å². The van der Waals surface area contributed by atoms with Crippen molar-refractivity contribution in [1.82, 2.24) is 9.55 Å². The molecular formula is C35H36N2O5. The molecule has 0 saturated heterocycles. The van der Waals surface area contributed by atoms with Gasteiger partial charge < -0.3 is 24.1 Å². The normalized spacial score (nSPS) is 14.7. The van der Waals surface area contributed by atoms with E-state index in [1.165, 1.54) is 6.42 Å². The van der Waals surface area contributed by atoms with Gasteiger partial charge in [-0.25, -0.2) is 0 Å². The van der Waals surface area contributed by atoms with Gasteiger partial charge in [-0.2, -0.15) is 0 Å². The van der Waals surface area contributed by atoms with Gasteiger partial charge >= 0.3 is 5.97 Å². The van der Waals surface area contributed by atoms with E-state index in [1.807, 2.05) is 72.8 Å². The third-order valence-corrected chi connectivity index (χ3v) is 8.72. The van der Waals surface area contributed by atoms with Crippen LogP contribution in [0.4, 0.5) is 0 Å². The van der Waals surface area contributed by atoms with Crippen molar-refractivity contribution < 1.29 is 19.4 Å². The number of rotatable bonds is 8. The zero-order valence-electron chi connectivity index (χ0n) is 24.1. The number of aryl methyl sites for hydroxylation is 1. The Morgan fingerprint density at radius 2 is 1.67 bits per heavy atom. The molecule has 216 valence electrons. The maximum atomic E-state index is 14.0. The van der Waals surface area contributed by atoms with Crippen molar-refractivity contribution in [3.8, 4) is 11.5 Å². The number of aromatic hydroxyl groups is 1. The summed E-state index contributed by atoms with van der Waals surface area (Å²) in [5, 5.41) is 13.3. The number of para-hydroxylation sites is 2. The topological polar surface area (TPSA) is 93.5 Å². The Hall–Kier alpha value is -4.52. The number of pyridine rings is 1. The van der Waals surface area contributed by atoms with Crippen molar-refractivity contribution in [2.24, 2.45) is 13.0 Å². The van der Waals surface area contributed by atoms with E-state index >= 15 is 0 Å². The number of ether oxygens (including phenoxy) is 2. The van der Waals surface area contributed by atoms with E-state index in [4.69, 9.17) is 9.47 Å². The van der Waals surface area contributed by atoms with Gasteiger partial charge in [0.25, 0.3) is 5.56 Å². The summed E-state index contributed by atoms with van der Waals surface area (Å²) < 4.78 is 12.8. The summed E-state index contributed by atoms with van der Waals surface area (Å²) in [5.74, 6) is -0.104. The molecule has 0 bridgehead atoms. The maximum absolute atomic E-state index is 14.0. The zero-order chi connectivity index (χ0) is 29.2. The Balaban J connectivity index is 1.49. The number of fused-ring (bicyclic) bond motifs is 2. The van der Waals surface area contributed by atoms with Gasteiger partial charge in [-0.15, -0.1) is 0 Å². The van der Waals surface area contributed by atoms with Gasteiger partial charge in [0.1, 0.15) is 11.5 Å². The molecule has 1 aliphatic carbocycles. The van der Waals surface area contributed by atoms with Crippen LogP contribution in [0, 0.1) is 5.92 Å². The van der Waals surface area contributed by atoms with Crippen LogP contribution in [0.5, 0.6) is 11.5 Å². The fourth-order valence-corrected chi connectivity index (χ4v) is 6.48. The highest BCUT2D eigenvalue weighted by atomic mass is 16.5. The fraction of sp³-hybridized carbons (Fsp3) is 0.314. The highest BCUT2D eigenvalue weighted by Crippen LogP contribution is 2.41. The molecule has 3 aromatic carbocycles. The van der Waals surface area contributed by atoms with Crippen molar-refractivity contribution in [2.75, 3.05) is 13.7 Å². The average molecular weight is 565 g/mol. The molecule has 0 aliphatic heterocycles. The first-order valence-electron chi connectivity index (χ1n) is 14.7. The second-order valence-corrected chi connectivity index (χ2v) is 11.2. The van der Waals surface area contributed by atoms with Crippen LogP contribution in [0.2, 0.25) is 0 Å². The third kappa shape index (κ3) is 5.04. The minimum absolute atomic E-state index is 0.0224. The van der Waals surface area contributed by atoms with Crippen LogP contribution in [0.25, 0.3) is 21.8 Å². The molecule has 2 heterocycles. The number of nitrogens with zero attached hydrogens (tertiary/aromatic N) is 1. The molecule has 1 atom stereocenters. The van der Waals surface area contributed by atoms with E-state index in [0.717, 1.165) is 53.4 Å². The molecule has 42 heavy (non-hydrogen) atoms. The summed E-state index contributed by atoms with van der Waals surface area (Å²) >= 11 is 0. The van der Waals surface area contributed by atoms with Crippen molar-refractivity contribution in [3.63, 3.8) is 0 Å². The number of carbonyl (C=O) groups excluding carboxylic acids is 1. The van der Waals surface area contributed by atoms with E-state index < -0.39 is 5.92 Å². The largest absolute Gasteiger partial charge is 0.507 e. The Morgan fingerprint density at radius 3 is 2.40 bits per heavy atom. The first-order chi connectivity index (χ1) is 20.5. The van der Waals surface area contributed by atoms with Crippen molar-refractivity contribution in [2.45, 2.75) is 44.4 Å². The molecule has 1 aliphatic rings. The quantitative estimate of drug-likeness (QED) is 0.208. The van der Waals surface area contributed by atoms with Crippen LogP contribution < -0.4 is 10.3 Å². The van der Waals surface area contributed by atoms with Gasteiger partial charge in [0.15, 0.2) is 0 Å². The lowest BCUT2D eigenvalue weighted by atomic mass is 9.85. The van der Waals surface area contributed by atoms with Crippen LogP contribution in [0.1, 0.15) is 60.4 Å². The van der Waals surface area contributed by atoms with Gasteiger partial charge in [-0.3, -0.25) is 9.59 Å². The summed E-state index contributed by atoms with van der Waals surface area (Å²) in [6, 6.07) is 22.9. The molecule has 1 unspecified atom stereocenters. The average Bonchev–Trinajstić information content (AvgIpc) is 3.40. The molecule has 0 amide bonds. The van der Waals surface area contributed by atoms with Gasteiger partial charge in [0, 0.05) is 35.5 Å². The number of methoxy groups -OCH3 is 1. The van der Waals surface area contributed by atoms with Crippen molar-refractivity contribution in [1.29, 1.82) is 0 Å². The van der Waals surface area contributed by atoms with Crippen LogP contribution in [0.15, 0.2) is 77.6 Å². The molecule has 0 spiro atoms. The first kappa shape index (κ1) is 27.6. The van der Waals surface area contributed by atoms with E-state index in [2.05, 4.69) is 4.98 Å². The molecule has 1 fully saturated rings. The van der Waals surface area contributed by atoms with Crippen LogP contribution in [-0.2, 0) is 23.0 Å². The molecular weight excluding hydrogens is 528 g/mol. The predicted molar refractivity (Wildman–Crippen MR) is 164 cm³/mol. The lowest BCUT2D eigenvalue weighted by molar-refractivity contribution is -0.149. The summed E-state index contributed by atoms with van der Waals surface area (Å²) in [4.78, 5) is 30.4. The minimum atomic E-state index is -0.615. The van der Waals surface area contributed by atoms with Gasteiger partial charge in [-0.1, -0.05) is 61.7 Å². The lowest BCUT2D eigenvalue weighted by Crippen LogP contribution is -2.25. The highest BCUT2D eigenvalue weighted by Gasteiger charge is 2.30. The third-order valence-electron chi connectivity index (χ3n) is 8.72. The second kappa shape index (κ2) is 11.8. The van der Waals surface area contributed by atoms with Crippen molar-refractivity contribution in [3.05, 3.63) is 106 Å². The van der Waals surface area contributed by atoms with Gasteiger partial charge in [0.2, 0.25) is 0 Å². The zero-order valence-corrected chi connectivity index (χ0v) is 24.1. The molecule has 6 rings (SSSR count). The molecule has 7 nitrogen and oxygen atoms in total. The van der Waals surface area contributed by atoms with Crippen LogP contribution >= 0.6 is 0 Å². The van der Waals surface area contributed by atoms with Gasteiger partial charge in [0.05, 0.1) is 36.6 Å². The van der Waals surface area contributed by atoms with Crippen molar-refractivity contribution >= 4 is 27.8 Å². The van der Waals surface area contributed by atoms with E-state index in [0.29, 0.717) is 23.1 Å². The minimum Gasteiger partial charge on any atom is -0.507 e. The number of aromatic nitrogens is 2. The van der Waals surface area contributed by atoms with Gasteiger partial charge in [-0.05, 0) is 54.3 Å². The van der Waals surface area contributed by atoms with E-state index in [1.54, 1.807) is 18.7 Å². The molecule has 1 saturated carbocycles. The number of hydrogen-bond donors (Lipinski definition) is 2. The highest BCUT2D eigenvalue weighted by molar-refractivity contribution is 5.88.